The largest absolute Gasteiger partial charge is 0.469 e. The first-order chi connectivity index (χ1) is 9.67. The fourth-order valence-electron chi connectivity index (χ4n) is 1.75. The number of rotatable bonds is 9. The number of anilines is 1. The van der Waals surface area contributed by atoms with Crippen LogP contribution in [0.1, 0.15) is 49.5 Å². The van der Waals surface area contributed by atoms with Crippen molar-refractivity contribution in [2.75, 3.05) is 19.0 Å². The van der Waals surface area contributed by atoms with Crippen LogP contribution in [0.15, 0.2) is 18.3 Å². The Morgan fingerprint density at radius 3 is 2.65 bits per heavy atom. The van der Waals surface area contributed by atoms with E-state index in [2.05, 4.69) is 15.0 Å². The zero-order chi connectivity index (χ0) is 14.8. The maximum Gasteiger partial charge on any atom is 0.305 e. The molecule has 0 saturated carbocycles. The topological polar surface area (TPSA) is 68.3 Å². The van der Waals surface area contributed by atoms with Gasteiger partial charge < -0.3 is 10.1 Å². The van der Waals surface area contributed by atoms with Gasteiger partial charge in [0.2, 0.25) is 0 Å². The quantitative estimate of drug-likeness (QED) is 0.427. The van der Waals surface area contributed by atoms with E-state index in [-0.39, 0.29) is 11.8 Å². The average Bonchev–Trinajstić information content (AvgIpc) is 2.50. The van der Waals surface area contributed by atoms with Crippen molar-refractivity contribution in [2.24, 2.45) is 0 Å². The summed E-state index contributed by atoms with van der Waals surface area (Å²) in [6, 6.07) is 3.61. The molecule has 0 aliphatic carbocycles. The average molecular weight is 278 g/mol. The summed E-state index contributed by atoms with van der Waals surface area (Å²) < 4.78 is 4.58. The Kier molecular flexibility index (Phi) is 7.32. The lowest BCUT2D eigenvalue weighted by atomic mass is 10.2. The van der Waals surface area contributed by atoms with Gasteiger partial charge in [-0.2, -0.15) is 0 Å². The number of carbonyl (C=O) groups is 2. The van der Waals surface area contributed by atoms with Crippen molar-refractivity contribution >= 4 is 17.4 Å². The second-order valence-electron chi connectivity index (χ2n) is 4.52. The van der Waals surface area contributed by atoms with Gasteiger partial charge in [0.15, 0.2) is 5.78 Å². The Bertz CT molecular complexity index is 429. The molecule has 0 atom stereocenters. The number of pyridine rings is 1. The zero-order valence-electron chi connectivity index (χ0n) is 12.1. The van der Waals surface area contributed by atoms with Gasteiger partial charge in [0.1, 0.15) is 5.69 Å². The third-order valence-electron chi connectivity index (χ3n) is 2.98. The molecule has 1 heterocycles. The Balaban J connectivity index is 2.19. The first kappa shape index (κ1) is 16.1. The summed E-state index contributed by atoms with van der Waals surface area (Å²) >= 11 is 0. The molecule has 0 amide bonds. The van der Waals surface area contributed by atoms with E-state index in [4.69, 9.17) is 0 Å². The molecule has 20 heavy (non-hydrogen) atoms. The van der Waals surface area contributed by atoms with Crippen molar-refractivity contribution in [2.45, 2.75) is 39.0 Å². The molecule has 0 bridgehead atoms. The van der Waals surface area contributed by atoms with E-state index in [0.29, 0.717) is 18.5 Å². The standard InChI is InChI=1S/C15H22N2O3/c1-3-14(18)13-9-8-12(11-17-13)16-10-6-4-5-7-15(19)20-2/h8-9,11,16H,3-7,10H2,1-2H3. The highest BCUT2D eigenvalue weighted by Gasteiger charge is 2.04. The highest BCUT2D eigenvalue weighted by Crippen LogP contribution is 2.08. The van der Waals surface area contributed by atoms with Crippen molar-refractivity contribution in [3.63, 3.8) is 0 Å². The minimum atomic E-state index is -0.154. The molecule has 1 N–H and O–H groups in total. The Labute approximate surface area is 119 Å². The highest BCUT2D eigenvalue weighted by atomic mass is 16.5. The first-order valence-corrected chi connectivity index (χ1v) is 6.97. The fourth-order valence-corrected chi connectivity index (χ4v) is 1.75. The van der Waals surface area contributed by atoms with Gasteiger partial charge in [-0.25, -0.2) is 0 Å². The van der Waals surface area contributed by atoms with Crippen molar-refractivity contribution < 1.29 is 14.3 Å². The van der Waals surface area contributed by atoms with E-state index in [1.54, 1.807) is 12.3 Å². The molecular formula is C15H22N2O3. The number of hydrogen-bond donors (Lipinski definition) is 1. The molecule has 5 nitrogen and oxygen atoms in total. The molecule has 0 aliphatic rings. The zero-order valence-corrected chi connectivity index (χ0v) is 12.1. The summed E-state index contributed by atoms with van der Waals surface area (Å²) in [5, 5.41) is 3.24. The van der Waals surface area contributed by atoms with E-state index in [1.807, 2.05) is 13.0 Å². The molecular weight excluding hydrogens is 256 g/mol. The molecule has 0 spiro atoms. The lowest BCUT2D eigenvalue weighted by molar-refractivity contribution is -0.140. The summed E-state index contributed by atoms with van der Waals surface area (Å²) in [6.45, 7) is 2.65. The smallest absolute Gasteiger partial charge is 0.305 e. The monoisotopic (exact) mass is 278 g/mol. The predicted octanol–water partition coefficient (Wildman–Crippen LogP) is 2.82. The van der Waals surface area contributed by atoms with Gasteiger partial charge in [0.05, 0.1) is 19.0 Å². The molecule has 0 fully saturated rings. The number of Topliss-reactive ketones (excluding diaryl/α,β-unsaturated/α-hetero) is 1. The minimum absolute atomic E-state index is 0.0550. The number of nitrogens with one attached hydrogen (secondary N) is 1. The molecule has 5 heteroatoms. The molecule has 1 rings (SSSR count). The number of ketones is 1. The van der Waals surface area contributed by atoms with Crippen LogP contribution in [0.4, 0.5) is 5.69 Å². The first-order valence-electron chi connectivity index (χ1n) is 6.97. The van der Waals surface area contributed by atoms with E-state index >= 15 is 0 Å². The summed E-state index contributed by atoms with van der Waals surface area (Å²) in [7, 11) is 1.41. The number of nitrogens with zero attached hydrogens (tertiary/aromatic N) is 1. The van der Waals surface area contributed by atoms with Crippen LogP contribution in [-0.2, 0) is 9.53 Å². The Morgan fingerprint density at radius 2 is 2.05 bits per heavy atom. The Morgan fingerprint density at radius 1 is 1.25 bits per heavy atom. The van der Waals surface area contributed by atoms with Gasteiger partial charge in [0, 0.05) is 19.4 Å². The normalized spacial score (nSPS) is 10.1. The predicted molar refractivity (Wildman–Crippen MR) is 77.8 cm³/mol. The number of hydrogen-bond acceptors (Lipinski definition) is 5. The lowest BCUT2D eigenvalue weighted by Gasteiger charge is -2.06. The molecule has 1 aromatic heterocycles. The number of aromatic nitrogens is 1. The third-order valence-corrected chi connectivity index (χ3v) is 2.98. The van der Waals surface area contributed by atoms with Crippen LogP contribution >= 0.6 is 0 Å². The Hall–Kier alpha value is -1.91. The SMILES string of the molecule is CCC(=O)c1ccc(NCCCCCC(=O)OC)cn1. The molecule has 1 aromatic rings. The van der Waals surface area contributed by atoms with Crippen LogP contribution < -0.4 is 5.32 Å². The molecule has 110 valence electrons. The van der Waals surface area contributed by atoms with Gasteiger partial charge in [-0.15, -0.1) is 0 Å². The number of carbonyl (C=O) groups excluding carboxylic acids is 2. The number of esters is 1. The number of methoxy groups -OCH3 is 1. The van der Waals surface area contributed by atoms with Crippen molar-refractivity contribution in [1.29, 1.82) is 0 Å². The van der Waals surface area contributed by atoms with Gasteiger partial charge in [-0.05, 0) is 25.0 Å². The van der Waals surface area contributed by atoms with Crippen LogP contribution in [-0.4, -0.2) is 30.4 Å². The summed E-state index contributed by atoms with van der Waals surface area (Å²) in [4.78, 5) is 26.4. The van der Waals surface area contributed by atoms with Gasteiger partial charge in [-0.3, -0.25) is 14.6 Å². The van der Waals surface area contributed by atoms with Crippen LogP contribution in [0.3, 0.4) is 0 Å². The summed E-state index contributed by atoms with van der Waals surface area (Å²) in [5.74, 6) is -0.0994. The van der Waals surface area contributed by atoms with Crippen molar-refractivity contribution in [3.8, 4) is 0 Å². The van der Waals surface area contributed by atoms with Gasteiger partial charge >= 0.3 is 5.97 Å². The maximum atomic E-state index is 11.4. The van der Waals surface area contributed by atoms with Crippen LogP contribution in [0, 0.1) is 0 Å². The molecule has 0 saturated heterocycles. The number of unbranched alkanes of at least 4 members (excludes halogenated alkanes) is 2. The second-order valence-corrected chi connectivity index (χ2v) is 4.52. The van der Waals surface area contributed by atoms with Crippen LogP contribution in [0.25, 0.3) is 0 Å². The van der Waals surface area contributed by atoms with E-state index in [9.17, 15) is 9.59 Å². The number of ether oxygens (including phenoxy) is 1. The van der Waals surface area contributed by atoms with E-state index in [0.717, 1.165) is 31.5 Å². The molecule has 0 aromatic carbocycles. The third kappa shape index (κ3) is 5.82. The maximum absolute atomic E-state index is 11.4. The minimum Gasteiger partial charge on any atom is -0.469 e. The van der Waals surface area contributed by atoms with Gasteiger partial charge in [-0.1, -0.05) is 13.3 Å². The van der Waals surface area contributed by atoms with E-state index < -0.39 is 0 Å². The highest BCUT2D eigenvalue weighted by molar-refractivity contribution is 5.94. The van der Waals surface area contributed by atoms with Crippen LogP contribution in [0.2, 0.25) is 0 Å². The fraction of sp³-hybridized carbons (Fsp3) is 0.533. The lowest BCUT2D eigenvalue weighted by Crippen LogP contribution is -2.05. The van der Waals surface area contributed by atoms with E-state index in [1.165, 1.54) is 7.11 Å². The summed E-state index contributed by atoms with van der Waals surface area (Å²) in [6.07, 6.45) is 5.42. The molecule has 0 aliphatic heterocycles. The van der Waals surface area contributed by atoms with Crippen molar-refractivity contribution in [3.05, 3.63) is 24.0 Å². The summed E-state index contributed by atoms with van der Waals surface area (Å²) in [5.41, 5.74) is 1.42. The molecule has 0 radical (unpaired) electrons. The van der Waals surface area contributed by atoms with Gasteiger partial charge in [0.25, 0.3) is 0 Å². The second kappa shape index (κ2) is 9.07. The van der Waals surface area contributed by atoms with Crippen LogP contribution in [0.5, 0.6) is 0 Å². The molecule has 0 unspecified atom stereocenters. The van der Waals surface area contributed by atoms with Crippen molar-refractivity contribution in [1.82, 2.24) is 4.98 Å².